The van der Waals surface area contributed by atoms with Gasteiger partial charge in [0.1, 0.15) is 0 Å². The molecule has 14 heavy (non-hydrogen) atoms. The molecule has 0 bridgehead atoms. The zero-order chi connectivity index (χ0) is 9.97. The molecule has 2 N–H and O–H groups in total. The van der Waals surface area contributed by atoms with Crippen molar-refractivity contribution in [3.8, 4) is 0 Å². The van der Waals surface area contributed by atoms with E-state index in [-0.39, 0.29) is 6.61 Å². The summed E-state index contributed by atoms with van der Waals surface area (Å²) in [5, 5.41) is 12.1. The monoisotopic (exact) mass is 255 g/mol. The van der Waals surface area contributed by atoms with Crippen molar-refractivity contribution in [2.24, 2.45) is 0 Å². The molecule has 0 fully saturated rings. The fourth-order valence-electron chi connectivity index (χ4n) is 2.04. The van der Waals surface area contributed by atoms with Crippen LogP contribution in [0.15, 0.2) is 22.7 Å². The number of rotatable bonds is 3. The number of aliphatic hydroxyl groups is 1. The molecule has 0 heterocycles. The van der Waals surface area contributed by atoms with Gasteiger partial charge in [0, 0.05) is 17.1 Å². The van der Waals surface area contributed by atoms with Crippen molar-refractivity contribution in [3.05, 3.63) is 33.8 Å². The van der Waals surface area contributed by atoms with E-state index >= 15 is 0 Å². The standard InChI is InChI=1S/C11H14BrNO/c12-9-2-3-10-8(7-9)1-4-11(10)13-5-6-14/h2-3,7,11,13-14H,1,4-6H2. The third-order valence-electron chi connectivity index (χ3n) is 2.69. The Morgan fingerprint density at radius 3 is 3.14 bits per heavy atom. The minimum Gasteiger partial charge on any atom is -0.395 e. The average Bonchev–Trinajstić information content (AvgIpc) is 2.57. The molecule has 1 aliphatic carbocycles. The Labute approximate surface area is 92.5 Å². The van der Waals surface area contributed by atoms with E-state index in [1.54, 1.807) is 0 Å². The van der Waals surface area contributed by atoms with Crippen molar-refractivity contribution < 1.29 is 5.11 Å². The molecule has 1 aliphatic rings. The molecule has 2 nitrogen and oxygen atoms in total. The van der Waals surface area contributed by atoms with Gasteiger partial charge in [0.15, 0.2) is 0 Å². The molecule has 0 spiro atoms. The van der Waals surface area contributed by atoms with E-state index in [0.29, 0.717) is 12.6 Å². The molecule has 1 atom stereocenters. The van der Waals surface area contributed by atoms with Gasteiger partial charge < -0.3 is 10.4 Å². The number of fused-ring (bicyclic) bond motifs is 1. The summed E-state index contributed by atoms with van der Waals surface area (Å²) in [6.07, 6.45) is 2.28. The number of hydrogen-bond acceptors (Lipinski definition) is 2. The summed E-state index contributed by atoms with van der Waals surface area (Å²) in [6, 6.07) is 6.88. The van der Waals surface area contributed by atoms with E-state index in [1.165, 1.54) is 11.1 Å². The summed E-state index contributed by atoms with van der Waals surface area (Å²) in [5.41, 5.74) is 2.82. The molecule has 0 amide bonds. The van der Waals surface area contributed by atoms with Crippen LogP contribution in [0.3, 0.4) is 0 Å². The molecule has 0 aliphatic heterocycles. The molecule has 2 rings (SSSR count). The molecular formula is C11H14BrNO. The summed E-state index contributed by atoms with van der Waals surface area (Å²) < 4.78 is 1.15. The van der Waals surface area contributed by atoms with E-state index in [4.69, 9.17) is 5.11 Å². The molecule has 3 heteroatoms. The lowest BCUT2D eigenvalue weighted by Gasteiger charge is -2.12. The highest BCUT2D eigenvalue weighted by Crippen LogP contribution is 2.32. The smallest absolute Gasteiger partial charge is 0.0556 e. The summed E-state index contributed by atoms with van der Waals surface area (Å²) in [6.45, 7) is 0.891. The molecule has 1 unspecified atom stereocenters. The molecule has 0 saturated heterocycles. The Morgan fingerprint density at radius 2 is 2.36 bits per heavy atom. The minimum absolute atomic E-state index is 0.211. The van der Waals surface area contributed by atoms with Gasteiger partial charge in [0.2, 0.25) is 0 Å². The molecule has 1 aromatic carbocycles. The first-order valence-corrected chi connectivity index (χ1v) is 5.73. The fraction of sp³-hybridized carbons (Fsp3) is 0.455. The summed E-state index contributed by atoms with van der Waals surface area (Å²) >= 11 is 3.48. The average molecular weight is 256 g/mol. The maximum Gasteiger partial charge on any atom is 0.0556 e. The highest BCUT2D eigenvalue weighted by Gasteiger charge is 2.21. The topological polar surface area (TPSA) is 32.3 Å². The Morgan fingerprint density at radius 1 is 1.50 bits per heavy atom. The predicted octanol–water partition coefficient (Wildman–Crippen LogP) is 2.02. The minimum atomic E-state index is 0.211. The van der Waals surface area contributed by atoms with E-state index in [9.17, 15) is 0 Å². The third-order valence-corrected chi connectivity index (χ3v) is 3.18. The van der Waals surface area contributed by atoms with E-state index in [1.807, 2.05) is 0 Å². The second-order valence-corrected chi connectivity index (χ2v) is 4.53. The van der Waals surface area contributed by atoms with Crippen molar-refractivity contribution in [3.63, 3.8) is 0 Å². The van der Waals surface area contributed by atoms with Crippen LogP contribution in [0.1, 0.15) is 23.6 Å². The lowest BCUT2D eigenvalue weighted by molar-refractivity contribution is 0.284. The second-order valence-electron chi connectivity index (χ2n) is 3.61. The van der Waals surface area contributed by atoms with Crippen LogP contribution < -0.4 is 5.32 Å². The van der Waals surface area contributed by atoms with Crippen LogP contribution >= 0.6 is 15.9 Å². The van der Waals surface area contributed by atoms with Crippen LogP contribution in [-0.2, 0) is 6.42 Å². The number of halogens is 1. The Balaban J connectivity index is 2.14. The largest absolute Gasteiger partial charge is 0.395 e. The zero-order valence-electron chi connectivity index (χ0n) is 7.96. The first kappa shape index (κ1) is 10.1. The molecular weight excluding hydrogens is 242 g/mol. The van der Waals surface area contributed by atoms with Crippen molar-refractivity contribution in [2.45, 2.75) is 18.9 Å². The summed E-state index contributed by atoms with van der Waals surface area (Å²) in [7, 11) is 0. The Bertz CT molecular complexity index is 327. The number of aryl methyl sites for hydroxylation is 1. The lowest BCUT2D eigenvalue weighted by atomic mass is 10.1. The first-order valence-electron chi connectivity index (χ1n) is 4.94. The zero-order valence-corrected chi connectivity index (χ0v) is 9.55. The van der Waals surface area contributed by atoms with Gasteiger partial charge in [-0.15, -0.1) is 0 Å². The van der Waals surface area contributed by atoms with E-state index < -0.39 is 0 Å². The van der Waals surface area contributed by atoms with Gasteiger partial charge in [-0.25, -0.2) is 0 Å². The fourth-order valence-corrected chi connectivity index (χ4v) is 2.45. The van der Waals surface area contributed by atoms with Gasteiger partial charge >= 0.3 is 0 Å². The van der Waals surface area contributed by atoms with E-state index in [0.717, 1.165) is 17.3 Å². The normalized spacial score (nSPS) is 19.7. The van der Waals surface area contributed by atoms with Crippen LogP contribution in [0.5, 0.6) is 0 Å². The van der Waals surface area contributed by atoms with Gasteiger partial charge in [0.25, 0.3) is 0 Å². The van der Waals surface area contributed by atoms with Crippen molar-refractivity contribution in [1.82, 2.24) is 5.32 Å². The molecule has 0 saturated carbocycles. The number of nitrogens with one attached hydrogen (secondary N) is 1. The number of hydrogen-bond donors (Lipinski definition) is 2. The van der Waals surface area contributed by atoms with Gasteiger partial charge in [-0.2, -0.15) is 0 Å². The maximum absolute atomic E-state index is 8.75. The van der Waals surface area contributed by atoms with Crippen molar-refractivity contribution in [1.29, 1.82) is 0 Å². The maximum atomic E-state index is 8.75. The third kappa shape index (κ3) is 2.00. The SMILES string of the molecule is OCCNC1CCc2cc(Br)ccc21. The summed E-state index contributed by atoms with van der Waals surface area (Å²) in [5.74, 6) is 0. The molecule has 76 valence electrons. The Kier molecular flexibility index (Phi) is 3.21. The highest BCUT2D eigenvalue weighted by atomic mass is 79.9. The predicted molar refractivity (Wildman–Crippen MR) is 60.3 cm³/mol. The van der Waals surface area contributed by atoms with Crippen molar-refractivity contribution in [2.75, 3.05) is 13.2 Å². The van der Waals surface area contributed by atoms with E-state index in [2.05, 4.69) is 39.4 Å². The first-order chi connectivity index (χ1) is 6.81. The number of benzene rings is 1. The van der Waals surface area contributed by atoms with Crippen LogP contribution in [-0.4, -0.2) is 18.3 Å². The van der Waals surface area contributed by atoms with Gasteiger partial charge in [-0.3, -0.25) is 0 Å². The molecule has 1 aromatic rings. The summed E-state index contributed by atoms with van der Waals surface area (Å²) in [4.78, 5) is 0. The van der Waals surface area contributed by atoms with Crippen LogP contribution in [0.4, 0.5) is 0 Å². The van der Waals surface area contributed by atoms with Gasteiger partial charge in [-0.05, 0) is 36.1 Å². The second kappa shape index (κ2) is 4.43. The van der Waals surface area contributed by atoms with Crippen LogP contribution in [0, 0.1) is 0 Å². The van der Waals surface area contributed by atoms with Gasteiger partial charge in [0.05, 0.1) is 6.61 Å². The van der Waals surface area contributed by atoms with Crippen LogP contribution in [0.25, 0.3) is 0 Å². The van der Waals surface area contributed by atoms with Crippen molar-refractivity contribution >= 4 is 15.9 Å². The van der Waals surface area contributed by atoms with Crippen LogP contribution in [0.2, 0.25) is 0 Å². The lowest BCUT2D eigenvalue weighted by Crippen LogP contribution is -2.22. The van der Waals surface area contributed by atoms with Gasteiger partial charge in [-0.1, -0.05) is 22.0 Å². The number of aliphatic hydroxyl groups excluding tert-OH is 1. The Hall–Kier alpha value is -0.380. The molecule has 0 aromatic heterocycles. The quantitative estimate of drug-likeness (QED) is 0.867. The molecule has 0 radical (unpaired) electrons. The highest BCUT2D eigenvalue weighted by molar-refractivity contribution is 9.10.